The standard InChI is InChI=1S/C12H15N5O2S/c1-13-12-15-7-11(8-16-12)20(18,19)17(2)9-10-3-5-14-6-4-10/h3-8H,9H2,1-2H3,(H,13,15,16). The fourth-order valence-corrected chi connectivity index (χ4v) is 2.64. The summed E-state index contributed by atoms with van der Waals surface area (Å²) < 4.78 is 25.9. The van der Waals surface area contributed by atoms with E-state index >= 15 is 0 Å². The molecule has 0 aliphatic carbocycles. The Morgan fingerprint density at radius 3 is 2.35 bits per heavy atom. The van der Waals surface area contributed by atoms with E-state index in [9.17, 15) is 8.42 Å². The molecule has 0 aliphatic rings. The lowest BCUT2D eigenvalue weighted by molar-refractivity contribution is 0.466. The van der Waals surface area contributed by atoms with Crippen molar-refractivity contribution in [2.24, 2.45) is 0 Å². The average Bonchev–Trinajstić information content (AvgIpc) is 2.48. The summed E-state index contributed by atoms with van der Waals surface area (Å²) in [6.07, 6.45) is 5.83. The van der Waals surface area contributed by atoms with E-state index in [4.69, 9.17) is 0 Å². The van der Waals surface area contributed by atoms with Gasteiger partial charge in [-0.25, -0.2) is 18.4 Å². The van der Waals surface area contributed by atoms with E-state index in [1.165, 1.54) is 23.7 Å². The van der Waals surface area contributed by atoms with Crippen LogP contribution in [0.15, 0.2) is 41.8 Å². The molecule has 0 bridgehead atoms. The van der Waals surface area contributed by atoms with Crippen LogP contribution in [0.5, 0.6) is 0 Å². The van der Waals surface area contributed by atoms with Gasteiger partial charge in [0, 0.05) is 33.0 Å². The van der Waals surface area contributed by atoms with Crippen LogP contribution in [0.2, 0.25) is 0 Å². The van der Waals surface area contributed by atoms with E-state index in [-0.39, 0.29) is 11.4 Å². The van der Waals surface area contributed by atoms with Gasteiger partial charge in [0.15, 0.2) is 0 Å². The van der Waals surface area contributed by atoms with Gasteiger partial charge in [0.25, 0.3) is 0 Å². The van der Waals surface area contributed by atoms with Gasteiger partial charge in [0.2, 0.25) is 16.0 Å². The largest absolute Gasteiger partial charge is 0.357 e. The highest BCUT2D eigenvalue weighted by atomic mass is 32.2. The van der Waals surface area contributed by atoms with Crippen LogP contribution < -0.4 is 5.32 Å². The first-order valence-electron chi connectivity index (χ1n) is 5.89. The molecule has 0 amide bonds. The number of anilines is 1. The van der Waals surface area contributed by atoms with Gasteiger partial charge < -0.3 is 5.32 Å². The summed E-state index contributed by atoms with van der Waals surface area (Å²) in [6.45, 7) is 0.263. The summed E-state index contributed by atoms with van der Waals surface area (Å²) in [4.78, 5) is 11.8. The Morgan fingerprint density at radius 1 is 1.20 bits per heavy atom. The zero-order valence-electron chi connectivity index (χ0n) is 11.2. The molecule has 0 radical (unpaired) electrons. The summed E-state index contributed by atoms with van der Waals surface area (Å²) in [7, 11) is -0.421. The molecule has 2 aromatic rings. The molecule has 106 valence electrons. The van der Waals surface area contributed by atoms with E-state index in [2.05, 4.69) is 20.3 Å². The second-order valence-corrected chi connectivity index (χ2v) is 6.15. The molecule has 0 aliphatic heterocycles. The van der Waals surface area contributed by atoms with Crippen LogP contribution in [-0.4, -0.2) is 41.8 Å². The molecule has 7 nitrogen and oxygen atoms in total. The summed E-state index contributed by atoms with van der Waals surface area (Å²) in [5.41, 5.74) is 0.860. The Kier molecular flexibility index (Phi) is 4.26. The second kappa shape index (κ2) is 5.93. The van der Waals surface area contributed by atoms with Gasteiger partial charge in [-0.2, -0.15) is 4.31 Å². The van der Waals surface area contributed by atoms with Gasteiger partial charge >= 0.3 is 0 Å². The Hall–Kier alpha value is -2.06. The van der Waals surface area contributed by atoms with Gasteiger partial charge in [0.1, 0.15) is 4.90 Å². The van der Waals surface area contributed by atoms with Crippen molar-refractivity contribution >= 4 is 16.0 Å². The third kappa shape index (κ3) is 3.09. The molecule has 8 heteroatoms. The fraction of sp³-hybridized carbons (Fsp3) is 0.250. The Morgan fingerprint density at radius 2 is 1.80 bits per heavy atom. The summed E-state index contributed by atoms with van der Waals surface area (Å²) >= 11 is 0. The Balaban J connectivity index is 2.20. The van der Waals surface area contributed by atoms with Crippen LogP contribution in [0.4, 0.5) is 5.95 Å². The number of pyridine rings is 1. The number of hydrogen-bond donors (Lipinski definition) is 1. The summed E-state index contributed by atoms with van der Waals surface area (Å²) in [5.74, 6) is 0.376. The molecular weight excluding hydrogens is 278 g/mol. The monoisotopic (exact) mass is 293 g/mol. The minimum Gasteiger partial charge on any atom is -0.357 e. The van der Waals surface area contributed by atoms with Crippen LogP contribution in [0.1, 0.15) is 5.56 Å². The van der Waals surface area contributed by atoms with Crippen molar-refractivity contribution in [2.45, 2.75) is 11.4 Å². The van der Waals surface area contributed by atoms with E-state index in [1.807, 2.05) is 0 Å². The normalized spacial score (nSPS) is 11.6. The van der Waals surface area contributed by atoms with E-state index in [0.29, 0.717) is 5.95 Å². The van der Waals surface area contributed by atoms with Gasteiger partial charge in [-0.05, 0) is 17.7 Å². The quantitative estimate of drug-likeness (QED) is 0.874. The third-order valence-corrected chi connectivity index (χ3v) is 4.47. The van der Waals surface area contributed by atoms with Crippen molar-refractivity contribution in [1.82, 2.24) is 19.3 Å². The topological polar surface area (TPSA) is 88.1 Å². The first-order valence-corrected chi connectivity index (χ1v) is 7.33. The van der Waals surface area contributed by atoms with Crippen molar-refractivity contribution in [3.8, 4) is 0 Å². The molecule has 0 unspecified atom stereocenters. The van der Waals surface area contributed by atoms with Crippen LogP contribution in [0.3, 0.4) is 0 Å². The Labute approximate surface area is 117 Å². The van der Waals surface area contributed by atoms with Gasteiger partial charge in [-0.1, -0.05) is 0 Å². The number of sulfonamides is 1. The van der Waals surface area contributed by atoms with Crippen molar-refractivity contribution in [1.29, 1.82) is 0 Å². The van der Waals surface area contributed by atoms with Crippen LogP contribution in [0, 0.1) is 0 Å². The zero-order valence-corrected chi connectivity index (χ0v) is 12.0. The first-order chi connectivity index (χ1) is 9.54. The number of nitrogens with one attached hydrogen (secondary N) is 1. The van der Waals surface area contributed by atoms with Crippen molar-refractivity contribution in [3.63, 3.8) is 0 Å². The van der Waals surface area contributed by atoms with Crippen molar-refractivity contribution in [3.05, 3.63) is 42.5 Å². The fourth-order valence-electron chi connectivity index (χ4n) is 1.59. The highest BCUT2D eigenvalue weighted by Gasteiger charge is 2.21. The minimum atomic E-state index is -3.60. The minimum absolute atomic E-state index is 0.0630. The molecule has 0 atom stereocenters. The average molecular weight is 293 g/mol. The van der Waals surface area contributed by atoms with Gasteiger partial charge in [-0.3, -0.25) is 4.98 Å². The van der Waals surface area contributed by atoms with Crippen molar-refractivity contribution in [2.75, 3.05) is 19.4 Å². The van der Waals surface area contributed by atoms with Gasteiger partial charge in [0.05, 0.1) is 12.4 Å². The molecule has 0 saturated heterocycles. The molecular formula is C12H15N5O2S. The highest BCUT2D eigenvalue weighted by molar-refractivity contribution is 7.89. The maximum Gasteiger partial charge on any atom is 0.246 e. The second-order valence-electron chi connectivity index (χ2n) is 4.11. The van der Waals surface area contributed by atoms with E-state index < -0.39 is 10.0 Å². The number of aromatic nitrogens is 3. The zero-order chi connectivity index (χ0) is 14.6. The smallest absolute Gasteiger partial charge is 0.246 e. The van der Waals surface area contributed by atoms with Crippen molar-refractivity contribution < 1.29 is 8.42 Å². The highest BCUT2D eigenvalue weighted by Crippen LogP contribution is 2.15. The molecule has 0 aromatic carbocycles. The van der Waals surface area contributed by atoms with Crippen LogP contribution in [-0.2, 0) is 16.6 Å². The first kappa shape index (κ1) is 14.4. The summed E-state index contributed by atoms with van der Waals surface area (Å²) in [5, 5.41) is 2.74. The number of nitrogens with zero attached hydrogens (tertiary/aromatic N) is 4. The van der Waals surface area contributed by atoms with E-state index in [1.54, 1.807) is 31.6 Å². The van der Waals surface area contributed by atoms with Crippen LogP contribution >= 0.6 is 0 Å². The maximum absolute atomic E-state index is 12.3. The number of hydrogen-bond acceptors (Lipinski definition) is 6. The SMILES string of the molecule is CNc1ncc(S(=O)(=O)N(C)Cc2ccncc2)cn1. The molecule has 0 fully saturated rings. The molecule has 2 aromatic heterocycles. The molecule has 1 N–H and O–H groups in total. The summed E-state index contributed by atoms with van der Waals surface area (Å²) in [6, 6.07) is 3.54. The maximum atomic E-state index is 12.3. The molecule has 2 heterocycles. The number of rotatable bonds is 5. The predicted molar refractivity (Wildman–Crippen MR) is 74.5 cm³/mol. The lowest BCUT2D eigenvalue weighted by Gasteiger charge is -2.16. The lowest BCUT2D eigenvalue weighted by atomic mass is 10.3. The van der Waals surface area contributed by atoms with Crippen LogP contribution in [0.25, 0.3) is 0 Å². The van der Waals surface area contributed by atoms with Gasteiger partial charge in [-0.15, -0.1) is 0 Å². The van der Waals surface area contributed by atoms with E-state index in [0.717, 1.165) is 5.56 Å². The molecule has 0 saturated carbocycles. The molecule has 0 spiro atoms. The predicted octanol–water partition coefficient (Wildman–Crippen LogP) is 0.734. The molecule has 2 rings (SSSR count). The third-order valence-electron chi connectivity index (χ3n) is 2.71. The Bertz CT molecular complexity index is 658. The molecule has 20 heavy (non-hydrogen) atoms. The lowest BCUT2D eigenvalue weighted by Crippen LogP contribution is -2.26.